The molecular weight excluding hydrogens is 360 g/mol. The molecule has 2 aromatic rings. The summed E-state index contributed by atoms with van der Waals surface area (Å²) in [4.78, 5) is 27.0. The van der Waals surface area contributed by atoms with Crippen LogP contribution in [0.4, 0.5) is 4.79 Å². The van der Waals surface area contributed by atoms with Gasteiger partial charge in [0.2, 0.25) is 0 Å². The Morgan fingerprint density at radius 3 is 2.81 bits per heavy atom. The van der Waals surface area contributed by atoms with Gasteiger partial charge in [-0.1, -0.05) is 0 Å². The van der Waals surface area contributed by atoms with E-state index in [2.05, 4.69) is 31.5 Å². The Hall–Kier alpha value is -1.87. The third-order valence-corrected chi connectivity index (χ3v) is 4.18. The Kier molecular flexibility index (Phi) is 5.34. The molecule has 0 aliphatic rings. The molecule has 112 valence electrons. The summed E-state index contributed by atoms with van der Waals surface area (Å²) in [7, 11) is 0. The normalized spacial score (nSPS) is 10.3. The van der Waals surface area contributed by atoms with Crippen molar-refractivity contribution in [3.63, 3.8) is 0 Å². The minimum absolute atomic E-state index is 0.0114. The molecule has 21 heavy (non-hydrogen) atoms. The van der Waals surface area contributed by atoms with E-state index in [1.54, 1.807) is 15.9 Å². The summed E-state index contributed by atoms with van der Waals surface area (Å²) in [6.07, 6.45) is 2.84. The lowest BCUT2D eigenvalue weighted by Crippen LogP contribution is -2.36. The number of carbonyl (C=O) groups excluding carboxylic acids is 1. The standard InChI is InChI=1S/C12H13BrN4O3S/c13-10-2-1-8(21-10)5-15-12(20)14-3-4-17-6-9(11(18)19)16-7-17/h1-2,6-7H,3-5H2,(H,18,19)(H2,14,15,20). The highest BCUT2D eigenvalue weighted by Gasteiger charge is 2.06. The number of rotatable bonds is 6. The molecule has 0 spiro atoms. The van der Waals surface area contributed by atoms with Crippen LogP contribution in [0.15, 0.2) is 28.4 Å². The van der Waals surface area contributed by atoms with Crippen LogP contribution in [0.25, 0.3) is 0 Å². The van der Waals surface area contributed by atoms with Crippen LogP contribution in [-0.4, -0.2) is 33.2 Å². The molecule has 0 unspecified atom stereocenters. The van der Waals surface area contributed by atoms with Crippen molar-refractivity contribution in [2.24, 2.45) is 0 Å². The zero-order valence-electron chi connectivity index (χ0n) is 10.9. The van der Waals surface area contributed by atoms with Crippen LogP contribution < -0.4 is 10.6 Å². The van der Waals surface area contributed by atoms with Crippen LogP contribution >= 0.6 is 27.3 Å². The molecule has 0 saturated carbocycles. The molecule has 2 rings (SSSR count). The van der Waals surface area contributed by atoms with Crippen molar-refractivity contribution in [3.8, 4) is 0 Å². The maximum atomic E-state index is 11.6. The topological polar surface area (TPSA) is 96.2 Å². The van der Waals surface area contributed by atoms with Crippen LogP contribution in [-0.2, 0) is 13.1 Å². The number of imidazole rings is 1. The molecule has 2 aromatic heterocycles. The summed E-state index contributed by atoms with van der Waals surface area (Å²) in [5.41, 5.74) is -0.0114. The molecule has 2 amide bonds. The number of nitrogens with zero attached hydrogens (tertiary/aromatic N) is 2. The molecule has 0 aliphatic carbocycles. The molecule has 0 saturated heterocycles. The van der Waals surface area contributed by atoms with Gasteiger partial charge in [0, 0.05) is 24.2 Å². The van der Waals surface area contributed by atoms with Gasteiger partial charge in [-0.3, -0.25) is 0 Å². The summed E-state index contributed by atoms with van der Waals surface area (Å²) in [5.74, 6) is -1.07. The predicted octanol–water partition coefficient (Wildman–Crippen LogP) is 1.90. The van der Waals surface area contributed by atoms with Crippen molar-refractivity contribution in [1.82, 2.24) is 20.2 Å². The number of aromatic nitrogens is 2. The quantitative estimate of drug-likeness (QED) is 0.721. The van der Waals surface area contributed by atoms with E-state index in [1.807, 2.05) is 12.1 Å². The highest BCUT2D eigenvalue weighted by atomic mass is 79.9. The number of amides is 2. The fraction of sp³-hybridized carbons (Fsp3) is 0.250. The molecule has 7 nitrogen and oxygen atoms in total. The maximum absolute atomic E-state index is 11.6. The summed E-state index contributed by atoms with van der Waals surface area (Å²) in [6, 6.07) is 3.60. The number of aromatic carboxylic acids is 1. The molecule has 0 radical (unpaired) electrons. The van der Waals surface area contributed by atoms with E-state index in [0.717, 1.165) is 8.66 Å². The first-order chi connectivity index (χ1) is 10.0. The Labute approximate surface area is 133 Å². The van der Waals surface area contributed by atoms with Crippen LogP contribution in [0, 0.1) is 0 Å². The third kappa shape index (κ3) is 4.87. The van der Waals surface area contributed by atoms with E-state index in [0.29, 0.717) is 19.6 Å². The van der Waals surface area contributed by atoms with Crippen LogP contribution in [0.1, 0.15) is 15.4 Å². The lowest BCUT2D eigenvalue weighted by molar-refractivity contribution is 0.0691. The molecule has 0 aromatic carbocycles. The van der Waals surface area contributed by atoms with Crippen molar-refractivity contribution in [1.29, 1.82) is 0 Å². The van der Waals surface area contributed by atoms with Crippen molar-refractivity contribution < 1.29 is 14.7 Å². The summed E-state index contributed by atoms with van der Waals surface area (Å²) < 4.78 is 2.63. The van der Waals surface area contributed by atoms with Crippen LogP contribution in [0.3, 0.4) is 0 Å². The van der Waals surface area contributed by atoms with Gasteiger partial charge in [0.05, 0.1) is 16.7 Å². The minimum atomic E-state index is -1.07. The maximum Gasteiger partial charge on any atom is 0.356 e. The van der Waals surface area contributed by atoms with Crippen molar-refractivity contribution >= 4 is 39.3 Å². The van der Waals surface area contributed by atoms with Gasteiger partial charge in [-0.2, -0.15) is 0 Å². The highest BCUT2D eigenvalue weighted by molar-refractivity contribution is 9.11. The Morgan fingerprint density at radius 2 is 2.19 bits per heavy atom. The molecule has 3 N–H and O–H groups in total. The Balaban J connectivity index is 1.67. The fourth-order valence-corrected chi connectivity index (χ4v) is 2.99. The van der Waals surface area contributed by atoms with E-state index in [4.69, 9.17) is 5.11 Å². The SMILES string of the molecule is O=C(NCCn1cnc(C(=O)O)c1)NCc1ccc(Br)s1. The molecule has 0 atom stereocenters. The predicted molar refractivity (Wildman–Crippen MR) is 81.4 cm³/mol. The number of thiophene rings is 1. The van der Waals surface area contributed by atoms with Crippen LogP contribution in [0.5, 0.6) is 0 Å². The summed E-state index contributed by atoms with van der Waals surface area (Å²) >= 11 is 4.92. The van der Waals surface area contributed by atoms with Gasteiger partial charge in [0.25, 0.3) is 0 Å². The van der Waals surface area contributed by atoms with Gasteiger partial charge in [0.15, 0.2) is 5.69 Å². The third-order valence-electron chi connectivity index (χ3n) is 2.56. The van der Waals surface area contributed by atoms with Crippen molar-refractivity contribution in [2.45, 2.75) is 13.1 Å². The molecule has 0 aliphatic heterocycles. The monoisotopic (exact) mass is 372 g/mol. The second kappa shape index (κ2) is 7.23. The van der Waals surface area contributed by atoms with E-state index in [1.165, 1.54) is 12.5 Å². The number of nitrogens with one attached hydrogen (secondary N) is 2. The number of carboxylic acid groups (broad SMARTS) is 1. The number of carbonyl (C=O) groups is 2. The zero-order chi connectivity index (χ0) is 15.2. The zero-order valence-corrected chi connectivity index (χ0v) is 13.3. The first-order valence-corrected chi connectivity index (χ1v) is 7.66. The second-order valence-electron chi connectivity index (χ2n) is 4.12. The van der Waals surface area contributed by atoms with Gasteiger partial charge in [-0.25, -0.2) is 14.6 Å². The largest absolute Gasteiger partial charge is 0.476 e. The van der Waals surface area contributed by atoms with E-state index < -0.39 is 5.97 Å². The molecule has 0 bridgehead atoms. The van der Waals surface area contributed by atoms with Crippen molar-refractivity contribution in [3.05, 3.63) is 39.0 Å². The van der Waals surface area contributed by atoms with E-state index in [-0.39, 0.29) is 11.7 Å². The number of urea groups is 1. The average molecular weight is 373 g/mol. The van der Waals surface area contributed by atoms with Gasteiger partial charge < -0.3 is 20.3 Å². The average Bonchev–Trinajstić information content (AvgIpc) is 3.05. The van der Waals surface area contributed by atoms with Gasteiger partial charge in [0.1, 0.15) is 0 Å². The van der Waals surface area contributed by atoms with E-state index in [9.17, 15) is 9.59 Å². The number of carboxylic acids is 1. The second-order valence-corrected chi connectivity index (χ2v) is 6.66. The Bertz CT molecular complexity index is 640. The molecule has 9 heteroatoms. The van der Waals surface area contributed by atoms with Gasteiger partial charge in [-0.15, -0.1) is 11.3 Å². The van der Waals surface area contributed by atoms with Crippen LogP contribution in [0.2, 0.25) is 0 Å². The highest BCUT2D eigenvalue weighted by Crippen LogP contribution is 2.21. The lowest BCUT2D eigenvalue weighted by atomic mass is 10.5. The van der Waals surface area contributed by atoms with Crippen molar-refractivity contribution in [2.75, 3.05) is 6.54 Å². The first kappa shape index (κ1) is 15.5. The minimum Gasteiger partial charge on any atom is -0.476 e. The summed E-state index contributed by atoms with van der Waals surface area (Å²) in [6.45, 7) is 1.31. The van der Waals surface area contributed by atoms with Gasteiger partial charge in [-0.05, 0) is 28.1 Å². The Morgan fingerprint density at radius 1 is 1.38 bits per heavy atom. The number of hydrogen-bond donors (Lipinski definition) is 3. The van der Waals surface area contributed by atoms with Gasteiger partial charge >= 0.3 is 12.0 Å². The smallest absolute Gasteiger partial charge is 0.356 e. The fourth-order valence-electron chi connectivity index (χ4n) is 1.57. The number of hydrogen-bond acceptors (Lipinski definition) is 4. The molecule has 0 fully saturated rings. The molecular formula is C12H13BrN4O3S. The molecule has 2 heterocycles. The van der Waals surface area contributed by atoms with E-state index >= 15 is 0 Å². The first-order valence-electron chi connectivity index (χ1n) is 6.05. The lowest BCUT2D eigenvalue weighted by Gasteiger charge is -2.07. The number of halogens is 1. The summed E-state index contributed by atoms with van der Waals surface area (Å²) in [5, 5.41) is 14.2.